The lowest BCUT2D eigenvalue weighted by Crippen LogP contribution is -2.04. The Hall–Kier alpha value is -2.76. The second-order valence-electron chi connectivity index (χ2n) is 6.95. The molecule has 0 amide bonds. The van der Waals surface area contributed by atoms with Crippen molar-refractivity contribution in [3.8, 4) is 0 Å². The molecule has 1 aliphatic carbocycles. The molecule has 6 nitrogen and oxygen atoms in total. The molecule has 7 heteroatoms. The quantitative estimate of drug-likeness (QED) is 0.628. The van der Waals surface area contributed by atoms with Gasteiger partial charge in [0, 0.05) is 10.8 Å². The molecule has 0 N–H and O–H groups in total. The minimum Gasteiger partial charge on any atom is -0.232 e. The third-order valence-corrected chi connectivity index (χ3v) is 6.05. The van der Waals surface area contributed by atoms with Gasteiger partial charge in [-0.3, -0.25) is 0 Å². The van der Waals surface area contributed by atoms with Gasteiger partial charge in [0.25, 0.3) is 0 Å². The van der Waals surface area contributed by atoms with Crippen molar-refractivity contribution in [1.29, 1.82) is 0 Å². The van der Waals surface area contributed by atoms with Crippen LogP contribution in [0.1, 0.15) is 36.1 Å². The van der Waals surface area contributed by atoms with Crippen LogP contribution in [0.25, 0.3) is 5.65 Å². The van der Waals surface area contributed by atoms with E-state index < -0.39 is 0 Å². The number of benzene rings is 1. The zero-order valence-electron chi connectivity index (χ0n) is 15.3. The molecule has 3 aromatic rings. The van der Waals surface area contributed by atoms with Gasteiger partial charge in [0.15, 0.2) is 5.65 Å². The van der Waals surface area contributed by atoms with E-state index in [-0.39, 0.29) is 0 Å². The molecule has 1 fully saturated rings. The van der Waals surface area contributed by atoms with Crippen molar-refractivity contribution in [2.24, 2.45) is 15.9 Å². The lowest BCUT2D eigenvalue weighted by Gasteiger charge is -2.15. The average Bonchev–Trinajstić information content (AvgIpc) is 3.37. The molecule has 134 valence electrons. The van der Waals surface area contributed by atoms with Gasteiger partial charge in [-0.25, -0.2) is 4.99 Å². The van der Waals surface area contributed by atoms with Crippen LogP contribution in [0, 0.1) is 19.8 Å². The van der Waals surface area contributed by atoms with Crippen LogP contribution in [0.3, 0.4) is 0 Å². The summed E-state index contributed by atoms with van der Waals surface area (Å²) in [4.78, 5) is 10.3. The van der Waals surface area contributed by atoms with Gasteiger partial charge < -0.3 is 0 Å². The summed E-state index contributed by atoms with van der Waals surface area (Å²) in [7, 11) is 0. The van der Waals surface area contributed by atoms with Crippen molar-refractivity contribution in [2.45, 2.75) is 43.2 Å². The summed E-state index contributed by atoms with van der Waals surface area (Å²) >= 11 is 1.60. The standard InChI is InChI=1S/C20H18N6S/c1-4-7-21-19-15-9-13(15)14-10-17(11(2)8-16(14)22-19)27-20-24-23-18-6-5-12(3)25-26(18)20/h4-6,8,10,13,15H,9H2,1-3H3. The summed E-state index contributed by atoms with van der Waals surface area (Å²) in [5.41, 5.74) is 5.21. The molecule has 0 spiro atoms. The van der Waals surface area contributed by atoms with Gasteiger partial charge in [0.2, 0.25) is 5.16 Å². The third kappa shape index (κ3) is 2.80. The molecule has 3 heterocycles. The fraction of sp³-hybridized carbons (Fsp3) is 0.300. The van der Waals surface area contributed by atoms with Crippen molar-refractivity contribution in [3.05, 3.63) is 47.2 Å². The Balaban J connectivity index is 1.54. The zero-order valence-corrected chi connectivity index (χ0v) is 16.2. The van der Waals surface area contributed by atoms with Gasteiger partial charge in [-0.1, -0.05) is 0 Å². The van der Waals surface area contributed by atoms with Crippen LogP contribution in [-0.4, -0.2) is 31.5 Å². The van der Waals surface area contributed by atoms with Gasteiger partial charge in [0.1, 0.15) is 5.84 Å². The van der Waals surface area contributed by atoms with E-state index in [0.717, 1.165) is 34.4 Å². The van der Waals surface area contributed by atoms with Crippen molar-refractivity contribution in [2.75, 3.05) is 0 Å². The van der Waals surface area contributed by atoms with E-state index in [1.165, 1.54) is 16.0 Å². The molecule has 1 aromatic carbocycles. The van der Waals surface area contributed by atoms with E-state index in [0.29, 0.717) is 11.8 Å². The summed E-state index contributed by atoms with van der Waals surface area (Å²) in [5, 5.41) is 13.9. The predicted octanol–water partition coefficient (Wildman–Crippen LogP) is 4.29. The van der Waals surface area contributed by atoms with Crippen LogP contribution < -0.4 is 0 Å². The molecule has 2 unspecified atom stereocenters. The largest absolute Gasteiger partial charge is 0.232 e. The third-order valence-electron chi connectivity index (χ3n) is 4.96. The molecule has 2 aliphatic rings. The Morgan fingerprint density at radius 2 is 2.11 bits per heavy atom. The van der Waals surface area contributed by atoms with Crippen LogP contribution in [0.2, 0.25) is 0 Å². The minimum absolute atomic E-state index is 0.434. The molecular weight excluding hydrogens is 356 g/mol. The SMILES string of the molecule is CC=C=NC1=Nc2cc(C)c(Sc3nnc4ccc(C)nn34)cc2C2CC12. The normalized spacial score (nSPS) is 19.7. The monoisotopic (exact) mass is 374 g/mol. The number of amidine groups is 1. The zero-order chi connectivity index (χ0) is 18.5. The maximum absolute atomic E-state index is 4.78. The topological polar surface area (TPSA) is 67.8 Å². The summed E-state index contributed by atoms with van der Waals surface area (Å²) in [5.74, 6) is 4.79. The van der Waals surface area contributed by atoms with E-state index in [2.05, 4.69) is 45.2 Å². The van der Waals surface area contributed by atoms with Crippen LogP contribution >= 0.6 is 11.8 Å². The number of aliphatic imine (C=N–C) groups is 2. The number of hydrogen-bond acceptors (Lipinski definition) is 6. The van der Waals surface area contributed by atoms with Crippen LogP contribution in [0.15, 0.2) is 50.4 Å². The van der Waals surface area contributed by atoms with Gasteiger partial charge >= 0.3 is 0 Å². The fourth-order valence-electron chi connectivity index (χ4n) is 3.48. The first-order chi connectivity index (χ1) is 13.1. The molecule has 1 aliphatic heterocycles. The second-order valence-corrected chi connectivity index (χ2v) is 7.96. The van der Waals surface area contributed by atoms with Crippen molar-refractivity contribution < 1.29 is 0 Å². The summed E-state index contributed by atoms with van der Waals surface area (Å²) in [6.45, 7) is 5.99. The number of aromatic nitrogens is 4. The highest BCUT2D eigenvalue weighted by atomic mass is 32.2. The minimum atomic E-state index is 0.434. The Morgan fingerprint density at radius 3 is 2.96 bits per heavy atom. The second kappa shape index (κ2) is 6.15. The highest BCUT2D eigenvalue weighted by Crippen LogP contribution is 2.55. The van der Waals surface area contributed by atoms with E-state index >= 15 is 0 Å². The van der Waals surface area contributed by atoms with Gasteiger partial charge in [-0.2, -0.15) is 14.6 Å². The Morgan fingerprint density at radius 1 is 1.22 bits per heavy atom. The number of fused-ring (bicyclic) bond motifs is 4. The lowest BCUT2D eigenvalue weighted by molar-refractivity contribution is 0.792. The summed E-state index contributed by atoms with van der Waals surface area (Å²) in [6, 6.07) is 8.30. The molecule has 0 bridgehead atoms. The average molecular weight is 374 g/mol. The lowest BCUT2D eigenvalue weighted by atomic mass is 10.0. The predicted molar refractivity (Wildman–Crippen MR) is 106 cm³/mol. The Labute approximate surface area is 161 Å². The molecule has 27 heavy (non-hydrogen) atoms. The molecule has 2 aromatic heterocycles. The summed E-state index contributed by atoms with van der Waals surface area (Å²) in [6.07, 6.45) is 2.93. The maximum Gasteiger partial charge on any atom is 0.217 e. The Kier molecular flexibility index (Phi) is 3.74. The van der Waals surface area contributed by atoms with E-state index in [9.17, 15) is 0 Å². The highest BCUT2D eigenvalue weighted by Gasteiger charge is 2.46. The smallest absolute Gasteiger partial charge is 0.217 e. The number of hydrogen-bond donors (Lipinski definition) is 0. The van der Waals surface area contributed by atoms with E-state index in [1.54, 1.807) is 16.3 Å². The molecule has 2 atom stereocenters. The molecule has 1 saturated carbocycles. The van der Waals surface area contributed by atoms with Gasteiger partial charge in [0.05, 0.1) is 11.4 Å². The first-order valence-corrected chi connectivity index (χ1v) is 9.80. The number of aryl methyl sites for hydroxylation is 2. The van der Waals surface area contributed by atoms with Gasteiger partial charge in [-0.05, 0) is 92.2 Å². The molecule has 0 saturated heterocycles. The fourth-order valence-corrected chi connectivity index (χ4v) is 4.39. The number of nitrogens with zero attached hydrogens (tertiary/aromatic N) is 6. The van der Waals surface area contributed by atoms with Crippen LogP contribution in [-0.2, 0) is 0 Å². The van der Waals surface area contributed by atoms with Gasteiger partial charge in [-0.15, -0.1) is 10.2 Å². The first-order valence-electron chi connectivity index (χ1n) is 8.98. The maximum atomic E-state index is 4.78. The van der Waals surface area contributed by atoms with Crippen LogP contribution in [0.4, 0.5) is 5.69 Å². The molecule has 5 rings (SSSR count). The molecular formula is C20H18N6S. The highest BCUT2D eigenvalue weighted by molar-refractivity contribution is 7.99. The van der Waals surface area contributed by atoms with Crippen molar-refractivity contribution in [3.63, 3.8) is 0 Å². The number of rotatable bonds is 2. The van der Waals surface area contributed by atoms with Crippen molar-refractivity contribution >= 4 is 34.8 Å². The molecule has 0 radical (unpaired) electrons. The summed E-state index contributed by atoms with van der Waals surface area (Å²) < 4.78 is 1.81. The van der Waals surface area contributed by atoms with Crippen molar-refractivity contribution in [1.82, 2.24) is 19.8 Å². The van der Waals surface area contributed by atoms with E-state index in [1.807, 2.05) is 32.1 Å². The van der Waals surface area contributed by atoms with Crippen LogP contribution in [0.5, 0.6) is 0 Å². The first kappa shape index (κ1) is 16.4. The Bertz CT molecular complexity index is 1170. The van der Waals surface area contributed by atoms with E-state index in [4.69, 9.17) is 4.99 Å². The number of allylic oxidation sites excluding steroid dienone is 1.